The largest absolute Gasteiger partial charge is 0.312 e. The molecule has 0 heterocycles. The summed E-state index contributed by atoms with van der Waals surface area (Å²) in [6.07, 6.45) is 1.20. The van der Waals surface area contributed by atoms with E-state index >= 15 is 0 Å². The summed E-state index contributed by atoms with van der Waals surface area (Å²) in [5.74, 6) is 0.601. The Morgan fingerprint density at radius 1 is 1.00 bits per heavy atom. The topological polar surface area (TPSA) is 15.3 Å². The van der Waals surface area contributed by atoms with Gasteiger partial charge in [0.1, 0.15) is 0 Å². The Hall–Kier alpha value is -0.860. The minimum atomic E-state index is 0.408. The number of benzene rings is 1. The van der Waals surface area contributed by atoms with Gasteiger partial charge in [-0.05, 0) is 44.0 Å². The standard InChI is InChI=1S/C18H32N2/c1-7-15(5)20(8-2)13-18(19-6)17-11-9-16(10-12-17)14(3)4/h9-12,14-15,18-19H,7-8,13H2,1-6H3. The van der Waals surface area contributed by atoms with Gasteiger partial charge < -0.3 is 5.32 Å². The molecule has 0 spiro atoms. The van der Waals surface area contributed by atoms with Crippen molar-refractivity contribution in [1.29, 1.82) is 0 Å². The second-order valence-electron chi connectivity index (χ2n) is 6.01. The third-order valence-corrected chi connectivity index (χ3v) is 4.39. The zero-order valence-electron chi connectivity index (χ0n) is 14.1. The van der Waals surface area contributed by atoms with Crippen LogP contribution in [0.1, 0.15) is 64.1 Å². The van der Waals surface area contributed by atoms with Gasteiger partial charge in [-0.3, -0.25) is 4.90 Å². The van der Waals surface area contributed by atoms with E-state index in [1.165, 1.54) is 17.5 Å². The highest BCUT2D eigenvalue weighted by molar-refractivity contribution is 5.27. The van der Waals surface area contributed by atoms with Crippen molar-refractivity contribution in [1.82, 2.24) is 10.2 Å². The minimum Gasteiger partial charge on any atom is -0.312 e. The Balaban J connectivity index is 2.79. The van der Waals surface area contributed by atoms with Gasteiger partial charge >= 0.3 is 0 Å². The van der Waals surface area contributed by atoms with Crippen LogP contribution in [0.5, 0.6) is 0 Å². The molecule has 0 fully saturated rings. The molecule has 2 unspecified atom stereocenters. The molecule has 1 aromatic carbocycles. The van der Waals surface area contributed by atoms with Crippen molar-refractivity contribution in [3.8, 4) is 0 Å². The second kappa shape index (κ2) is 8.43. The van der Waals surface area contributed by atoms with Gasteiger partial charge in [0.25, 0.3) is 0 Å². The van der Waals surface area contributed by atoms with Crippen molar-refractivity contribution >= 4 is 0 Å². The van der Waals surface area contributed by atoms with Crippen LogP contribution in [0.25, 0.3) is 0 Å². The summed E-state index contributed by atoms with van der Waals surface area (Å²) in [6.45, 7) is 13.5. The normalized spacial score (nSPS) is 14.8. The van der Waals surface area contributed by atoms with Crippen LogP contribution in [0.3, 0.4) is 0 Å². The van der Waals surface area contributed by atoms with Gasteiger partial charge in [0.2, 0.25) is 0 Å². The molecule has 1 N–H and O–H groups in total. The van der Waals surface area contributed by atoms with Crippen LogP contribution >= 0.6 is 0 Å². The summed E-state index contributed by atoms with van der Waals surface area (Å²) in [5, 5.41) is 3.47. The molecule has 0 aliphatic heterocycles. The van der Waals surface area contributed by atoms with E-state index in [9.17, 15) is 0 Å². The van der Waals surface area contributed by atoms with E-state index in [1.807, 2.05) is 0 Å². The Kier molecular flexibility index (Phi) is 7.25. The fourth-order valence-corrected chi connectivity index (χ4v) is 2.59. The first-order valence-corrected chi connectivity index (χ1v) is 8.04. The first-order chi connectivity index (χ1) is 9.53. The van der Waals surface area contributed by atoms with Crippen LogP contribution in [0.2, 0.25) is 0 Å². The highest BCUT2D eigenvalue weighted by atomic mass is 15.2. The first-order valence-electron chi connectivity index (χ1n) is 8.04. The van der Waals surface area contributed by atoms with Crippen molar-refractivity contribution in [3.05, 3.63) is 35.4 Å². The Morgan fingerprint density at radius 2 is 1.55 bits per heavy atom. The smallest absolute Gasteiger partial charge is 0.0446 e. The molecule has 0 saturated carbocycles. The Morgan fingerprint density at radius 3 is 1.95 bits per heavy atom. The SMILES string of the molecule is CCC(C)N(CC)CC(NC)c1ccc(C(C)C)cc1. The predicted molar refractivity (Wildman–Crippen MR) is 89.3 cm³/mol. The molecule has 0 amide bonds. The lowest BCUT2D eigenvalue weighted by Gasteiger charge is -2.31. The van der Waals surface area contributed by atoms with Gasteiger partial charge in [0, 0.05) is 18.6 Å². The summed E-state index contributed by atoms with van der Waals surface area (Å²) in [5.41, 5.74) is 2.80. The maximum absolute atomic E-state index is 3.47. The lowest BCUT2D eigenvalue weighted by atomic mass is 9.98. The Bertz CT molecular complexity index is 370. The summed E-state index contributed by atoms with van der Waals surface area (Å²) < 4.78 is 0. The molecule has 2 atom stereocenters. The number of nitrogens with zero attached hydrogens (tertiary/aromatic N) is 1. The van der Waals surface area contributed by atoms with Gasteiger partial charge in [0.05, 0.1) is 0 Å². The molecular weight excluding hydrogens is 244 g/mol. The fraction of sp³-hybridized carbons (Fsp3) is 0.667. The number of hydrogen-bond donors (Lipinski definition) is 1. The number of hydrogen-bond acceptors (Lipinski definition) is 2. The third kappa shape index (κ3) is 4.60. The lowest BCUT2D eigenvalue weighted by Crippen LogP contribution is -2.39. The lowest BCUT2D eigenvalue weighted by molar-refractivity contribution is 0.194. The van der Waals surface area contributed by atoms with Crippen molar-refractivity contribution in [2.45, 2.75) is 59.0 Å². The maximum Gasteiger partial charge on any atom is 0.0446 e. The van der Waals surface area contributed by atoms with E-state index in [1.54, 1.807) is 0 Å². The highest BCUT2D eigenvalue weighted by Gasteiger charge is 2.17. The summed E-state index contributed by atoms with van der Waals surface area (Å²) in [4.78, 5) is 2.55. The van der Waals surface area contributed by atoms with E-state index in [0.29, 0.717) is 18.0 Å². The molecule has 0 bridgehead atoms. The molecule has 2 heteroatoms. The molecule has 114 valence electrons. The van der Waals surface area contributed by atoms with Crippen molar-refractivity contribution in [3.63, 3.8) is 0 Å². The molecule has 1 rings (SSSR count). The number of rotatable bonds is 8. The van der Waals surface area contributed by atoms with E-state index in [-0.39, 0.29) is 0 Å². The van der Waals surface area contributed by atoms with E-state index in [0.717, 1.165) is 13.1 Å². The zero-order valence-corrected chi connectivity index (χ0v) is 14.1. The molecule has 0 aromatic heterocycles. The average Bonchev–Trinajstić information content (AvgIpc) is 2.48. The molecule has 0 radical (unpaired) electrons. The molecule has 0 aliphatic carbocycles. The summed E-state index contributed by atoms with van der Waals surface area (Å²) >= 11 is 0. The molecule has 1 aromatic rings. The van der Waals surface area contributed by atoms with Crippen molar-refractivity contribution in [2.24, 2.45) is 0 Å². The van der Waals surface area contributed by atoms with E-state index in [2.05, 4.69) is 76.1 Å². The quantitative estimate of drug-likeness (QED) is 0.766. The Labute approximate surface area is 125 Å². The molecule has 0 aliphatic rings. The van der Waals surface area contributed by atoms with Crippen LogP contribution in [-0.2, 0) is 0 Å². The van der Waals surface area contributed by atoms with Crippen LogP contribution in [-0.4, -0.2) is 31.1 Å². The first kappa shape index (κ1) is 17.2. The fourth-order valence-electron chi connectivity index (χ4n) is 2.59. The molecule has 0 saturated heterocycles. The number of nitrogens with one attached hydrogen (secondary N) is 1. The van der Waals surface area contributed by atoms with Gasteiger partial charge in [-0.25, -0.2) is 0 Å². The average molecular weight is 276 g/mol. The van der Waals surface area contributed by atoms with Crippen LogP contribution in [0.4, 0.5) is 0 Å². The van der Waals surface area contributed by atoms with E-state index in [4.69, 9.17) is 0 Å². The van der Waals surface area contributed by atoms with Gasteiger partial charge in [0.15, 0.2) is 0 Å². The van der Waals surface area contributed by atoms with Crippen LogP contribution in [0.15, 0.2) is 24.3 Å². The van der Waals surface area contributed by atoms with Gasteiger partial charge in [-0.1, -0.05) is 52.0 Å². The van der Waals surface area contributed by atoms with E-state index < -0.39 is 0 Å². The summed E-state index contributed by atoms with van der Waals surface area (Å²) in [6, 6.07) is 10.1. The molecule has 20 heavy (non-hydrogen) atoms. The second-order valence-corrected chi connectivity index (χ2v) is 6.01. The maximum atomic E-state index is 3.47. The van der Waals surface area contributed by atoms with Crippen LogP contribution in [0, 0.1) is 0 Å². The minimum absolute atomic E-state index is 0.408. The number of likely N-dealkylation sites (N-methyl/N-ethyl adjacent to an activating group) is 2. The highest BCUT2D eigenvalue weighted by Crippen LogP contribution is 2.20. The molecule has 2 nitrogen and oxygen atoms in total. The third-order valence-electron chi connectivity index (χ3n) is 4.39. The van der Waals surface area contributed by atoms with Crippen molar-refractivity contribution in [2.75, 3.05) is 20.1 Å². The van der Waals surface area contributed by atoms with Crippen molar-refractivity contribution < 1.29 is 0 Å². The predicted octanol–water partition coefficient (Wildman–Crippen LogP) is 4.19. The summed E-state index contributed by atoms with van der Waals surface area (Å²) in [7, 11) is 2.06. The van der Waals surface area contributed by atoms with Gasteiger partial charge in [-0.15, -0.1) is 0 Å². The van der Waals surface area contributed by atoms with Gasteiger partial charge in [-0.2, -0.15) is 0 Å². The monoisotopic (exact) mass is 276 g/mol. The zero-order chi connectivity index (χ0) is 15.1. The van der Waals surface area contributed by atoms with Crippen LogP contribution < -0.4 is 5.32 Å². The molecular formula is C18H32N2.